The summed E-state index contributed by atoms with van der Waals surface area (Å²) in [5.74, 6) is -1.73. The number of ketones is 2. The number of pyridine rings is 1. The van der Waals surface area contributed by atoms with Crippen molar-refractivity contribution in [3.05, 3.63) is 197 Å². The van der Waals surface area contributed by atoms with Crippen LogP contribution in [0.25, 0.3) is 11.3 Å². The average molecular weight is 1800 g/mol. The number of carbonyl (C=O) groups excluding carboxylic acids is 10. The molecular weight excluding hydrogens is 1660 g/mol. The van der Waals surface area contributed by atoms with Gasteiger partial charge in [-0.05, 0) is 188 Å². The van der Waals surface area contributed by atoms with Crippen LogP contribution < -0.4 is 49.8 Å². The fourth-order valence-corrected chi connectivity index (χ4v) is 15.1. The van der Waals surface area contributed by atoms with E-state index in [2.05, 4.69) is 26.4 Å². The van der Waals surface area contributed by atoms with Gasteiger partial charge in [0, 0.05) is 55.7 Å². The fourth-order valence-electron chi connectivity index (χ4n) is 15.1. The molecule has 0 radical (unpaired) electrons. The number of hydrogen-bond acceptors (Lipinski definition) is 23. The highest BCUT2D eigenvalue weighted by atomic mass is 16.6. The molecule has 6 N–H and O–H groups in total. The first-order valence-electron chi connectivity index (χ1n) is 44.7. The van der Waals surface area contributed by atoms with Crippen molar-refractivity contribution in [3.8, 4) is 45.8 Å². The third kappa shape index (κ3) is 30.3. The Morgan fingerprint density at radius 2 is 0.985 bits per heavy atom. The summed E-state index contributed by atoms with van der Waals surface area (Å²) in [7, 11) is 6.26. The molecule has 1 aromatic heterocycles. The number of hydrazine groups is 1. The third-order valence-electron chi connectivity index (χ3n) is 23.6. The first kappa shape index (κ1) is 103. The molecule has 29 heteroatoms. The predicted octanol–water partition coefficient (Wildman–Crippen LogP) is 13.7. The van der Waals surface area contributed by atoms with Gasteiger partial charge in [0.2, 0.25) is 23.4 Å². The molecule has 9 rings (SSSR count). The summed E-state index contributed by atoms with van der Waals surface area (Å²) in [5.41, 5.74) is 6.14. The topological polar surface area (TPSA) is 365 Å². The van der Waals surface area contributed by atoms with Crippen LogP contribution in [-0.4, -0.2) is 200 Å². The average Bonchev–Trinajstić information content (AvgIpc) is 0.795. The molecule has 2 aliphatic rings. The SMILES string of the molecule is CCC(C)(C)C(=O)C(=O)N1CCCC[C@H]1C(=O)O[C@H](CCc1ccc(OC)c(OC)c1)c1cccc(OCCO)c1.CCC(C)(C)C(=O)C(=O)N1CCCC[C@H]1C(=O)O[C@H](CCc1ccc(OC)c(OC)c1)c1cccc(OCCOC(=O)N[C@H](C(=O)N[C@@H](Cc2ccccc2)[C@@H](O)CN(Cc2ccc(-c3ccccn3)cc2)NC(=O)[C@@H](NC(C)=O)C(C)(C)C)C(C)(C)C)c1. The minimum atomic E-state index is -1.31. The minimum Gasteiger partial charge on any atom is -0.493 e. The zero-order chi connectivity index (χ0) is 95.0. The summed E-state index contributed by atoms with van der Waals surface area (Å²) in [6, 6.07) is 43.2. The van der Waals surface area contributed by atoms with E-state index in [0.717, 1.165) is 51.9 Å². The lowest BCUT2D eigenvalue weighted by Gasteiger charge is -2.36. The van der Waals surface area contributed by atoms with E-state index in [-0.39, 0.29) is 58.4 Å². The smallest absolute Gasteiger partial charge is 0.407 e. The van der Waals surface area contributed by atoms with E-state index in [1.165, 1.54) is 16.7 Å². The summed E-state index contributed by atoms with van der Waals surface area (Å²) in [6.45, 7) is 23.1. The van der Waals surface area contributed by atoms with Crippen LogP contribution in [0.4, 0.5) is 4.79 Å². The van der Waals surface area contributed by atoms with Gasteiger partial charge in [0.05, 0.1) is 52.9 Å². The van der Waals surface area contributed by atoms with Gasteiger partial charge in [-0.2, -0.15) is 0 Å². The Bertz CT molecular complexity index is 4900. The van der Waals surface area contributed by atoms with Gasteiger partial charge in [-0.1, -0.05) is 180 Å². The van der Waals surface area contributed by atoms with Crippen molar-refractivity contribution in [2.45, 2.75) is 229 Å². The summed E-state index contributed by atoms with van der Waals surface area (Å²) in [5, 5.41) is 31.5. The van der Waals surface area contributed by atoms with E-state index >= 15 is 0 Å². The number of amides is 6. The van der Waals surface area contributed by atoms with Gasteiger partial charge in [-0.3, -0.25) is 44.0 Å². The van der Waals surface area contributed by atoms with Gasteiger partial charge < -0.3 is 78.6 Å². The first-order valence-corrected chi connectivity index (χ1v) is 44.7. The summed E-state index contributed by atoms with van der Waals surface area (Å²) in [4.78, 5) is 143. The quantitative estimate of drug-likeness (QED) is 0.00679. The molecule has 0 saturated carbocycles. The van der Waals surface area contributed by atoms with Gasteiger partial charge >= 0.3 is 18.0 Å². The van der Waals surface area contributed by atoms with Gasteiger partial charge in [0.1, 0.15) is 67.7 Å². The van der Waals surface area contributed by atoms with E-state index in [9.17, 15) is 53.1 Å². The lowest BCUT2D eigenvalue weighted by atomic mass is 9.84. The number of ether oxygens (including phenoxy) is 9. The van der Waals surface area contributed by atoms with Crippen molar-refractivity contribution >= 4 is 59.1 Å². The first-order chi connectivity index (χ1) is 61.8. The van der Waals surface area contributed by atoms with E-state index in [1.807, 2.05) is 144 Å². The number of nitrogens with zero attached hydrogens (tertiary/aromatic N) is 4. The Kier molecular flexibility index (Phi) is 39.1. The molecule has 0 unspecified atom stereocenters. The fraction of sp³-hybridized carbons (Fsp3) is 0.495. The molecule has 2 saturated heterocycles. The number of piperidine rings is 2. The number of rotatable bonds is 43. The normalized spacial score (nSPS) is 15.5. The molecular formula is C101H134N8O21. The number of aliphatic hydroxyl groups is 2. The molecule has 3 heterocycles. The Morgan fingerprint density at radius 3 is 1.44 bits per heavy atom. The van der Waals surface area contributed by atoms with Crippen LogP contribution in [0.3, 0.4) is 0 Å². The number of alkyl carbamates (subject to hydrolysis) is 1. The van der Waals surface area contributed by atoms with Crippen molar-refractivity contribution in [1.82, 2.24) is 41.2 Å². The second-order valence-corrected chi connectivity index (χ2v) is 36.2. The number of esters is 2. The molecule has 0 bridgehead atoms. The van der Waals surface area contributed by atoms with Crippen LogP contribution in [0.2, 0.25) is 0 Å². The Balaban J connectivity index is 0.000000423. The van der Waals surface area contributed by atoms with Crippen molar-refractivity contribution < 1.29 is 101 Å². The second-order valence-electron chi connectivity index (χ2n) is 36.2. The van der Waals surface area contributed by atoms with E-state index in [4.69, 9.17) is 47.7 Å². The Labute approximate surface area is 765 Å². The molecule has 6 aromatic carbocycles. The monoisotopic (exact) mass is 1790 g/mol. The molecule has 0 aliphatic carbocycles. The number of methoxy groups -OCH3 is 4. The maximum atomic E-state index is 14.6. The number of Topliss-reactive ketones (excluding diaryl/α,β-unsaturated/α-hetero) is 2. The number of benzene rings is 6. The number of carbonyl (C=O) groups is 10. The number of nitrogens with one attached hydrogen (secondary N) is 4. The number of aliphatic hydroxyl groups excluding tert-OH is 2. The molecule has 2 fully saturated rings. The Hall–Kier alpha value is -12.0. The van der Waals surface area contributed by atoms with Gasteiger partial charge in [0.15, 0.2) is 23.0 Å². The Morgan fingerprint density at radius 1 is 0.508 bits per heavy atom. The highest BCUT2D eigenvalue weighted by Crippen LogP contribution is 2.37. The number of aromatic nitrogens is 1. The van der Waals surface area contributed by atoms with Crippen LogP contribution in [-0.2, 0) is 83.2 Å². The van der Waals surface area contributed by atoms with E-state index in [0.29, 0.717) is 111 Å². The summed E-state index contributed by atoms with van der Waals surface area (Å²) < 4.78 is 51.5. The molecule has 7 aromatic rings. The van der Waals surface area contributed by atoms with Crippen molar-refractivity contribution in [2.75, 3.05) is 74.5 Å². The van der Waals surface area contributed by atoms with Crippen LogP contribution in [0.1, 0.15) is 200 Å². The maximum absolute atomic E-state index is 14.6. The van der Waals surface area contributed by atoms with E-state index in [1.54, 1.807) is 137 Å². The summed E-state index contributed by atoms with van der Waals surface area (Å²) in [6.07, 6.45) is 4.58. The van der Waals surface area contributed by atoms with E-state index < -0.39 is 123 Å². The van der Waals surface area contributed by atoms with Crippen LogP contribution in [0, 0.1) is 21.7 Å². The molecule has 6 amide bonds. The summed E-state index contributed by atoms with van der Waals surface area (Å²) >= 11 is 0. The van der Waals surface area contributed by atoms with Gasteiger partial charge in [-0.25, -0.2) is 19.4 Å². The number of hydrogen-bond donors (Lipinski definition) is 6. The molecule has 8 atom stereocenters. The second kappa shape index (κ2) is 49.2. The lowest BCUT2D eigenvalue weighted by Crippen LogP contribution is -2.60. The standard InChI is InChI=1S/C69H91N7O13.C32H43NO8/c1-13-69(9,10)61(79)64(82)76-37-20-18-27-54(76)65(83)89-56(34-30-47-31-35-57(85-11)58(41-47)86-12)50-24-21-25-51(42-50)87-38-39-88-66(84)73-59(67(3,4)5)62(80)72-53(40-46-22-15-14-16-23-46)55(78)44-75(74-63(81)60(68(6,7)8)71-45(2)77)43-48-28-32-49(33-29-48)52-26-17-19-36-70-52;1-6-32(2,3)29(35)30(36)33-17-8-7-12-25(33)31(37)41-26(23-10-9-11-24(21-23)40-19-18-34)15-13-22-14-16-27(38-4)28(20-22)39-5/h14-17,19,21-26,28-29,31-33,35-36,41-42,53-56,59-60,78H,13,18,20,27,30,34,37-40,43-44H2,1-12H3,(H,71,77)(H,72,80)(H,73,84)(H,74,81);9-11,14,16,20-21,25-26,34H,6-8,12-13,15,17-19H2,1-5H3/t53-,54-,55-,56+,59+,60+;25-,26+/m00/s1. The third-order valence-corrected chi connectivity index (χ3v) is 23.6. The lowest BCUT2D eigenvalue weighted by molar-refractivity contribution is -0.165. The zero-order valence-electron chi connectivity index (χ0n) is 78.5. The predicted molar refractivity (Wildman–Crippen MR) is 492 cm³/mol. The van der Waals surface area contributed by atoms with Crippen molar-refractivity contribution in [2.24, 2.45) is 21.7 Å². The molecule has 130 heavy (non-hydrogen) atoms. The van der Waals surface area contributed by atoms with Crippen molar-refractivity contribution in [3.63, 3.8) is 0 Å². The highest BCUT2D eigenvalue weighted by molar-refractivity contribution is 6.38. The highest BCUT2D eigenvalue weighted by Gasteiger charge is 2.45. The molecule has 2 aliphatic heterocycles. The number of likely N-dealkylation sites (tertiary alicyclic amines) is 2. The zero-order valence-corrected chi connectivity index (χ0v) is 78.5. The maximum Gasteiger partial charge on any atom is 0.407 e. The van der Waals surface area contributed by atoms with Gasteiger partial charge in [0.25, 0.3) is 17.7 Å². The van der Waals surface area contributed by atoms with Crippen LogP contribution in [0.15, 0.2) is 164 Å². The number of aryl methyl sites for hydroxylation is 2. The van der Waals surface area contributed by atoms with Gasteiger partial charge in [-0.15, -0.1) is 0 Å². The van der Waals surface area contributed by atoms with Crippen LogP contribution in [0.5, 0.6) is 34.5 Å². The minimum absolute atomic E-state index is 0.102. The van der Waals surface area contributed by atoms with Crippen molar-refractivity contribution in [1.29, 1.82) is 0 Å². The van der Waals surface area contributed by atoms with Crippen LogP contribution >= 0.6 is 0 Å². The molecule has 29 nitrogen and oxygen atoms in total. The largest absolute Gasteiger partial charge is 0.493 e. The molecule has 0 spiro atoms. The molecule has 704 valence electrons.